The van der Waals surface area contributed by atoms with Crippen molar-refractivity contribution in [1.29, 1.82) is 0 Å². The van der Waals surface area contributed by atoms with Gasteiger partial charge in [0.25, 0.3) is 5.91 Å². The Labute approximate surface area is 149 Å². The zero-order valence-electron chi connectivity index (χ0n) is 13.5. The summed E-state index contributed by atoms with van der Waals surface area (Å²) in [5, 5.41) is 11.8. The Morgan fingerprint density at radius 2 is 2.21 bits per heavy atom. The highest BCUT2D eigenvalue weighted by molar-refractivity contribution is 7.09. The van der Waals surface area contributed by atoms with Crippen LogP contribution in [-0.2, 0) is 11.3 Å². The van der Waals surface area contributed by atoms with Gasteiger partial charge in [0, 0.05) is 41.5 Å². The highest BCUT2D eigenvalue weighted by Gasteiger charge is 2.37. The van der Waals surface area contributed by atoms with E-state index < -0.39 is 0 Å². The average Bonchev–Trinajstić information content (AvgIpc) is 3.29. The van der Waals surface area contributed by atoms with Crippen LogP contribution in [0.25, 0.3) is 0 Å². The van der Waals surface area contributed by atoms with Crippen molar-refractivity contribution in [2.24, 2.45) is 0 Å². The molecule has 0 unspecified atom stereocenters. The van der Waals surface area contributed by atoms with E-state index in [1.54, 1.807) is 11.3 Å². The summed E-state index contributed by atoms with van der Waals surface area (Å²) < 4.78 is 0. The largest absolute Gasteiger partial charge is 0.355 e. The van der Waals surface area contributed by atoms with Crippen LogP contribution in [0.5, 0.6) is 0 Å². The molecule has 1 fully saturated rings. The third-order valence-electron chi connectivity index (χ3n) is 4.11. The van der Waals surface area contributed by atoms with E-state index in [2.05, 4.69) is 21.6 Å². The normalized spacial score (nSPS) is 20.9. The summed E-state index contributed by atoms with van der Waals surface area (Å²) in [6.45, 7) is 3.97. The standard InChI is InChI=1S/C17H21N3O2S2/c1-2-18-17(22)15-8-13(19-16(21)12-5-7-23-11-12)9-20(15)10-14-4-3-6-24-14/h3-7,11,13,15H,2,8-10H2,1H3,(H,18,22)(H,19,21)/t13-,15-/m0/s1. The van der Waals surface area contributed by atoms with Gasteiger partial charge >= 0.3 is 0 Å². The number of amides is 2. The number of rotatable bonds is 6. The second kappa shape index (κ2) is 7.92. The molecule has 0 saturated carbocycles. The van der Waals surface area contributed by atoms with E-state index >= 15 is 0 Å². The molecule has 24 heavy (non-hydrogen) atoms. The molecule has 3 heterocycles. The Kier molecular flexibility index (Phi) is 5.65. The van der Waals surface area contributed by atoms with E-state index in [4.69, 9.17) is 0 Å². The van der Waals surface area contributed by atoms with E-state index in [9.17, 15) is 9.59 Å². The molecule has 2 aromatic heterocycles. The summed E-state index contributed by atoms with van der Waals surface area (Å²) in [6.07, 6.45) is 0.646. The van der Waals surface area contributed by atoms with Crippen LogP contribution in [-0.4, -0.2) is 41.9 Å². The van der Waals surface area contributed by atoms with Crippen LogP contribution in [0.15, 0.2) is 34.3 Å². The monoisotopic (exact) mass is 363 g/mol. The smallest absolute Gasteiger partial charge is 0.252 e. The highest BCUT2D eigenvalue weighted by Crippen LogP contribution is 2.23. The number of carbonyl (C=O) groups excluding carboxylic acids is 2. The third kappa shape index (κ3) is 4.03. The first-order valence-corrected chi connectivity index (χ1v) is 9.86. The summed E-state index contributed by atoms with van der Waals surface area (Å²) in [4.78, 5) is 28.0. The average molecular weight is 364 g/mol. The van der Waals surface area contributed by atoms with Gasteiger partial charge in [0.15, 0.2) is 0 Å². The molecule has 0 radical (unpaired) electrons. The van der Waals surface area contributed by atoms with Gasteiger partial charge in [-0.25, -0.2) is 0 Å². The fraction of sp³-hybridized carbons (Fsp3) is 0.412. The van der Waals surface area contributed by atoms with Crippen molar-refractivity contribution in [2.45, 2.75) is 32.0 Å². The zero-order chi connectivity index (χ0) is 16.9. The van der Waals surface area contributed by atoms with Crippen LogP contribution >= 0.6 is 22.7 Å². The molecule has 0 spiro atoms. The maximum Gasteiger partial charge on any atom is 0.252 e. The molecule has 2 atom stereocenters. The molecule has 0 aromatic carbocycles. The first-order valence-electron chi connectivity index (χ1n) is 8.04. The second-order valence-corrected chi connectivity index (χ2v) is 7.65. The molecule has 2 amide bonds. The number of carbonyl (C=O) groups is 2. The molecule has 1 saturated heterocycles. The quantitative estimate of drug-likeness (QED) is 0.828. The van der Waals surface area contributed by atoms with E-state index in [1.165, 1.54) is 16.2 Å². The first kappa shape index (κ1) is 17.1. The molecule has 5 nitrogen and oxygen atoms in total. The van der Waals surface area contributed by atoms with Crippen LogP contribution < -0.4 is 10.6 Å². The summed E-state index contributed by atoms with van der Waals surface area (Å²) in [5.74, 6) is -0.0183. The van der Waals surface area contributed by atoms with Gasteiger partial charge < -0.3 is 10.6 Å². The second-order valence-electron chi connectivity index (χ2n) is 5.84. The van der Waals surface area contributed by atoms with Crippen molar-refractivity contribution in [2.75, 3.05) is 13.1 Å². The lowest BCUT2D eigenvalue weighted by atomic mass is 10.1. The predicted octanol–water partition coefficient (Wildman–Crippen LogP) is 2.32. The molecule has 0 aliphatic carbocycles. The van der Waals surface area contributed by atoms with E-state index in [0.717, 1.165) is 6.54 Å². The van der Waals surface area contributed by atoms with Crippen LogP contribution in [0.1, 0.15) is 28.6 Å². The highest BCUT2D eigenvalue weighted by atomic mass is 32.1. The molecular weight excluding hydrogens is 342 g/mol. The predicted molar refractivity (Wildman–Crippen MR) is 97.4 cm³/mol. The van der Waals surface area contributed by atoms with Gasteiger partial charge in [-0.05, 0) is 36.2 Å². The molecule has 0 bridgehead atoms. The minimum absolute atomic E-state index is 0.00929. The Bertz CT molecular complexity index is 670. The zero-order valence-corrected chi connectivity index (χ0v) is 15.2. The number of nitrogens with one attached hydrogen (secondary N) is 2. The van der Waals surface area contributed by atoms with Gasteiger partial charge in [0.2, 0.25) is 5.91 Å². The van der Waals surface area contributed by atoms with E-state index in [1.807, 2.05) is 35.2 Å². The Balaban J connectivity index is 1.67. The van der Waals surface area contributed by atoms with Crippen molar-refractivity contribution in [1.82, 2.24) is 15.5 Å². The lowest BCUT2D eigenvalue weighted by molar-refractivity contribution is -0.125. The van der Waals surface area contributed by atoms with Gasteiger partial charge in [0.1, 0.15) is 0 Å². The molecule has 1 aliphatic heterocycles. The number of thiophene rings is 2. The Morgan fingerprint density at radius 1 is 1.33 bits per heavy atom. The van der Waals surface area contributed by atoms with Crippen molar-refractivity contribution >= 4 is 34.5 Å². The Hall–Kier alpha value is -1.70. The number of hydrogen-bond acceptors (Lipinski definition) is 5. The number of nitrogens with zero attached hydrogens (tertiary/aromatic N) is 1. The number of likely N-dealkylation sites (N-methyl/N-ethyl adjacent to an activating group) is 1. The van der Waals surface area contributed by atoms with E-state index in [0.29, 0.717) is 25.1 Å². The van der Waals surface area contributed by atoms with Gasteiger partial charge in [-0.3, -0.25) is 14.5 Å². The first-order chi connectivity index (χ1) is 11.7. The number of hydrogen-bond donors (Lipinski definition) is 2. The van der Waals surface area contributed by atoms with Crippen molar-refractivity contribution in [3.63, 3.8) is 0 Å². The van der Waals surface area contributed by atoms with Crippen molar-refractivity contribution in [3.8, 4) is 0 Å². The maximum absolute atomic E-state index is 12.4. The van der Waals surface area contributed by atoms with Crippen LogP contribution in [0.4, 0.5) is 0 Å². The Morgan fingerprint density at radius 3 is 2.88 bits per heavy atom. The summed E-state index contributed by atoms with van der Waals surface area (Å²) in [5.41, 5.74) is 0.686. The summed E-state index contributed by atoms with van der Waals surface area (Å²) in [6, 6.07) is 5.72. The molecular formula is C17H21N3O2S2. The lowest BCUT2D eigenvalue weighted by Crippen LogP contribution is -2.42. The van der Waals surface area contributed by atoms with E-state index in [-0.39, 0.29) is 23.9 Å². The minimum atomic E-state index is -0.195. The minimum Gasteiger partial charge on any atom is -0.355 e. The molecule has 2 aromatic rings. The third-order valence-corrected chi connectivity index (χ3v) is 5.66. The molecule has 128 valence electrons. The van der Waals surface area contributed by atoms with Crippen LogP contribution in [0.2, 0.25) is 0 Å². The summed E-state index contributed by atoms with van der Waals surface area (Å²) >= 11 is 3.20. The summed E-state index contributed by atoms with van der Waals surface area (Å²) in [7, 11) is 0. The van der Waals surface area contributed by atoms with Crippen molar-refractivity contribution in [3.05, 3.63) is 44.8 Å². The topological polar surface area (TPSA) is 61.4 Å². The maximum atomic E-state index is 12.4. The lowest BCUT2D eigenvalue weighted by Gasteiger charge is -2.22. The van der Waals surface area contributed by atoms with Crippen LogP contribution in [0, 0.1) is 0 Å². The van der Waals surface area contributed by atoms with Gasteiger partial charge in [-0.2, -0.15) is 11.3 Å². The molecule has 3 rings (SSSR count). The SMILES string of the molecule is CCNC(=O)[C@@H]1C[C@H](NC(=O)c2ccsc2)CN1Cc1cccs1. The fourth-order valence-corrected chi connectivity index (χ4v) is 4.38. The molecule has 2 N–H and O–H groups in total. The molecule has 7 heteroatoms. The van der Waals surface area contributed by atoms with Crippen molar-refractivity contribution < 1.29 is 9.59 Å². The van der Waals surface area contributed by atoms with Gasteiger partial charge in [-0.1, -0.05) is 6.07 Å². The van der Waals surface area contributed by atoms with Gasteiger partial charge in [0.05, 0.1) is 6.04 Å². The van der Waals surface area contributed by atoms with Gasteiger partial charge in [-0.15, -0.1) is 11.3 Å². The fourth-order valence-electron chi connectivity index (χ4n) is 3.01. The number of likely N-dealkylation sites (tertiary alicyclic amines) is 1. The van der Waals surface area contributed by atoms with Crippen LogP contribution in [0.3, 0.4) is 0 Å². The molecule has 1 aliphatic rings.